The molecule has 5 saturated heterocycles. The molecule has 0 saturated carbocycles. The molecule has 0 radical (unpaired) electrons. The van der Waals surface area contributed by atoms with E-state index in [0.29, 0.717) is 65.9 Å². The molecule has 0 unspecified atom stereocenters. The van der Waals surface area contributed by atoms with Crippen molar-refractivity contribution in [3.63, 3.8) is 0 Å². The van der Waals surface area contributed by atoms with E-state index in [9.17, 15) is 27.2 Å². The van der Waals surface area contributed by atoms with E-state index in [1.54, 1.807) is 26.4 Å². The van der Waals surface area contributed by atoms with Gasteiger partial charge in [0, 0.05) is 101 Å². The van der Waals surface area contributed by atoms with Crippen LogP contribution in [0, 0.1) is 11.8 Å². The fourth-order valence-electron chi connectivity index (χ4n) is 10.1. The number of anilines is 2. The Morgan fingerprint density at radius 3 is 1.49 bits per heavy atom. The number of nitrogens with zero attached hydrogens (tertiary/aromatic N) is 9. The molecule has 4 aromatic heterocycles. The fourth-order valence-corrected chi connectivity index (χ4v) is 10.1. The summed E-state index contributed by atoms with van der Waals surface area (Å²) in [5, 5.41) is 8.91. The smallest absolute Gasteiger partial charge is 0.320 e. The summed E-state index contributed by atoms with van der Waals surface area (Å²) in [6.07, 6.45) is 2.00. The van der Waals surface area contributed by atoms with Gasteiger partial charge in [-0.3, -0.25) is 23.6 Å². The third-order valence-electron chi connectivity index (χ3n) is 14.6. The van der Waals surface area contributed by atoms with Crippen molar-refractivity contribution in [2.75, 3.05) is 103 Å². The molecule has 0 aliphatic carbocycles. The highest BCUT2D eigenvalue weighted by Gasteiger charge is 2.33. The van der Waals surface area contributed by atoms with Crippen LogP contribution in [0.4, 0.5) is 28.9 Å². The zero-order chi connectivity index (χ0) is 51.6. The lowest BCUT2D eigenvalue weighted by Crippen LogP contribution is -2.56. The Kier molecular flexibility index (Phi) is 14.9. The molecular formula is C51H60F4N12O7. The first-order valence-electron chi connectivity index (χ1n) is 24.9. The molecule has 2 aromatic carbocycles. The topological polar surface area (TPSA) is 188 Å². The highest BCUT2D eigenvalue weighted by Crippen LogP contribution is 2.39. The molecule has 0 spiro atoms. The lowest BCUT2D eigenvalue weighted by atomic mass is 10.0. The molecule has 3 N–H and O–H groups in total. The molecule has 5 aliphatic rings. The Morgan fingerprint density at radius 1 is 0.635 bits per heavy atom. The van der Waals surface area contributed by atoms with Gasteiger partial charge in [0.25, 0.3) is 0 Å². The molecule has 5 fully saturated rings. The van der Waals surface area contributed by atoms with E-state index >= 15 is 0 Å². The predicted molar refractivity (Wildman–Crippen MR) is 267 cm³/mol. The van der Waals surface area contributed by atoms with Gasteiger partial charge in [0.1, 0.15) is 47.4 Å². The minimum absolute atomic E-state index is 0.0494. The van der Waals surface area contributed by atoms with Gasteiger partial charge in [0.15, 0.2) is 0 Å². The summed E-state index contributed by atoms with van der Waals surface area (Å²) in [4.78, 5) is 48.1. The standard InChI is InChI=1S/C27H32F2N6O4.C24H28F2N6O3/c1-16(18-10-24(36)30-12-18)39-26-25-21(31-15-35(25)27(28)29)11-20(32-26)17-3-4-22(23(9-17)37-2)34-7-5-33(6-8-34)19-13-38-14-19;1-14(16-10-21(33)28-12-16)35-23-22-18(29-13-32(22)24(25)26)11-17(30-23)15-3-4-19(20(9-15)34-2)31-7-5-27-6-8-31/h3-4,9,11,15-16,18-19,27H,5-8,10,12-14H2,1-2H3,(H,30,36);3-4,9,11,13-14,16,24,27H,5-8,10,12H2,1-2H3,(H,28,33)/t16-,18-;14-,16-/m11/s1. The van der Waals surface area contributed by atoms with Gasteiger partial charge >= 0.3 is 13.1 Å². The third kappa shape index (κ3) is 10.5. The van der Waals surface area contributed by atoms with Crippen molar-refractivity contribution in [2.24, 2.45) is 11.8 Å². The van der Waals surface area contributed by atoms with Gasteiger partial charge in [-0.15, -0.1) is 0 Å². The summed E-state index contributed by atoms with van der Waals surface area (Å²) in [7, 11) is 3.26. The zero-order valence-electron chi connectivity index (χ0n) is 41.6. The average Bonchev–Trinajstić information content (AvgIpc) is 4.23. The maximum absolute atomic E-state index is 13.8. The van der Waals surface area contributed by atoms with Crippen LogP contribution in [-0.2, 0) is 14.3 Å². The number of amides is 2. The van der Waals surface area contributed by atoms with Crippen LogP contribution in [0.15, 0.2) is 61.2 Å². The first-order valence-corrected chi connectivity index (χ1v) is 24.9. The SMILES string of the molecule is COc1cc(-c2cc3ncn(C(F)F)c3c(O[C@H](C)[C@H]3CNC(=O)C3)n2)ccc1N1CCN(C2COC2)CC1.COc1cc(-c2cc3ncn(C(F)F)c3c(O[C@H](C)[C@H]3CNC(=O)C3)n2)ccc1N1CCNCC1. The molecule has 2 amide bonds. The zero-order valence-corrected chi connectivity index (χ0v) is 41.6. The molecule has 4 atom stereocenters. The summed E-state index contributed by atoms with van der Waals surface area (Å²) in [5.41, 5.74) is 5.50. The number of rotatable bonds is 15. The normalized spacial score (nSPS) is 20.4. The molecule has 19 nitrogen and oxygen atoms in total. The maximum atomic E-state index is 13.8. The van der Waals surface area contributed by atoms with E-state index in [-0.39, 0.29) is 46.4 Å². The second-order valence-electron chi connectivity index (χ2n) is 19.1. The van der Waals surface area contributed by atoms with Gasteiger partial charge in [0.2, 0.25) is 23.6 Å². The summed E-state index contributed by atoms with van der Waals surface area (Å²) in [5.74, 6) is 1.27. The number of piperazine rings is 2. The molecule has 11 rings (SSSR count). The van der Waals surface area contributed by atoms with Gasteiger partial charge in [-0.25, -0.2) is 19.9 Å². The van der Waals surface area contributed by atoms with Crippen molar-refractivity contribution >= 4 is 45.3 Å². The molecule has 23 heteroatoms. The first-order chi connectivity index (χ1) is 35.8. The number of halogens is 4. The van der Waals surface area contributed by atoms with E-state index in [4.69, 9.17) is 23.7 Å². The predicted octanol–water partition coefficient (Wildman–Crippen LogP) is 5.74. The molecule has 5 aliphatic heterocycles. The van der Waals surface area contributed by atoms with E-state index in [1.807, 2.05) is 50.2 Å². The number of ether oxygens (including phenoxy) is 5. The van der Waals surface area contributed by atoms with Crippen LogP contribution in [0.1, 0.15) is 39.8 Å². The number of methoxy groups -OCH3 is 2. The highest BCUT2D eigenvalue weighted by atomic mass is 19.3. The van der Waals surface area contributed by atoms with Crippen LogP contribution in [0.25, 0.3) is 44.6 Å². The second-order valence-corrected chi connectivity index (χ2v) is 19.1. The number of nitrogens with one attached hydrogen (secondary N) is 3. The highest BCUT2D eigenvalue weighted by molar-refractivity contribution is 5.87. The minimum atomic E-state index is -2.80. The molecule has 6 aromatic rings. The summed E-state index contributed by atoms with van der Waals surface area (Å²) in [6.45, 7) is 7.86. The van der Waals surface area contributed by atoms with Gasteiger partial charge in [-0.2, -0.15) is 17.6 Å². The number of carbonyl (C=O) groups excluding carboxylic acids is 2. The van der Waals surface area contributed by atoms with Crippen LogP contribution in [0.3, 0.4) is 0 Å². The molecule has 74 heavy (non-hydrogen) atoms. The number of alkyl halides is 4. The number of hydrogen-bond acceptors (Lipinski definition) is 15. The monoisotopic (exact) mass is 1030 g/mol. The number of benzene rings is 2. The van der Waals surface area contributed by atoms with Crippen molar-refractivity contribution in [3.05, 3.63) is 61.2 Å². The second kappa shape index (κ2) is 21.9. The lowest BCUT2D eigenvalue weighted by Gasteiger charge is -2.43. The number of fused-ring (bicyclic) bond motifs is 2. The van der Waals surface area contributed by atoms with Crippen molar-refractivity contribution < 1.29 is 50.8 Å². The first kappa shape index (κ1) is 50.5. The van der Waals surface area contributed by atoms with Crippen LogP contribution in [-0.4, -0.2) is 157 Å². The quantitative estimate of drug-likeness (QED) is 0.106. The average molecular weight is 1030 g/mol. The maximum Gasteiger partial charge on any atom is 0.320 e. The number of aromatic nitrogens is 6. The number of imidazole rings is 2. The van der Waals surface area contributed by atoms with Crippen LogP contribution < -0.4 is 44.7 Å². The Labute approximate surface area is 424 Å². The van der Waals surface area contributed by atoms with Gasteiger partial charge < -0.3 is 49.4 Å². The summed E-state index contributed by atoms with van der Waals surface area (Å²) >= 11 is 0. The minimum Gasteiger partial charge on any atom is -0.495 e. The van der Waals surface area contributed by atoms with E-state index in [1.165, 1.54) is 0 Å². The lowest BCUT2D eigenvalue weighted by molar-refractivity contribution is -0.120. The van der Waals surface area contributed by atoms with Crippen molar-refractivity contribution in [1.29, 1.82) is 0 Å². The Bertz CT molecular complexity index is 2980. The Balaban J connectivity index is 0.000000170. The number of pyridine rings is 2. The van der Waals surface area contributed by atoms with E-state index in [0.717, 1.165) is 110 Å². The van der Waals surface area contributed by atoms with Gasteiger partial charge in [-0.05, 0) is 50.2 Å². The van der Waals surface area contributed by atoms with Crippen molar-refractivity contribution in [3.8, 4) is 45.8 Å². The van der Waals surface area contributed by atoms with Crippen LogP contribution in [0.2, 0.25) is 0 Å². The van der Waals surface area contributed by atoms with E-state index < -0.39 is 25.3 Å². The summed E-state index contributed by atoms with van der Waals surface area (Å²) in [6, 6.07) is 15.6. The van der Waals surface area contributed by atoms with Crippen molar-refractivity contribution in [1.82, 2.24) is 49.9 Å². The molecular weight excluding hydrogens is 969 g/mol. The molecule has 394 valence electrons. The fraction of sp³-hybridized carbons (Fsp3) is 0.490. The Hall–Kier alpha value is -6.98. The van der Waals surface area contributed by atoms with E-state index in [2.05, 4.69) is 50.6 Å². The van der Waals surface area contributed by atoms with Gasteiger partial charge in [-0.1, -0.05) is 12.1 Å². The number of carbonyl (C=O) groups is 2. The number of hydrogen-bond donors (Lipinski definition) is 3. The summed E-state index contributed by atoms with van der Waals surface area (Å²) < 4.78 is 85.5. The van der Waals surface area contributed by atoms with Crippen LogP contribution >= 0.6 is 0 Å². The van der Waals surface area contributed by atoms with Crippen LogP contribution in [0.5, 0.6) is 23.3 Å². The largest absolute Gasteiger partial charge is 0.495 e. The van der Waals surface area contributed by atoms with Gasteiger partial charge in [0.05, 0.1) is 67.3 Å². The molecule has 0 bridgehead atoms. The molecule has 9 heterocycles. The third-order valence-corrected chi connectivity index (χ3v) is 14.6. The Morgan fingerprint density at radius 2 is 1.09 bits per heavy atom. The van der Waals surface area contributed by atoms with Crippen molar-refractivity contribution in [2.45, 2.75) is 58.0 Å².